The molecule has 13 heteroatoms. The predicted molar refractivity (Wildman–Crippen MR) is 539 cm³/mol. The molecule has 16 saturated carbocycles. The smallest absolute Gasteiger partial charge is 0.0690 e. The first-order valence-electron chi connectivity index (χ1n) is 55.3. The van der Waals surface area contributed by atoms with E-state index in [4.69, 9.17) is 61.6 Å². The predicted octanol–water partition coefficient (Wildman–Crippen LogP) is 31.6. The maximum Gasteiger partial charge on any atom is 0.0690 e. The van der Waals surface area contributed by atoms with Crippen molar-refractivity contribution in [1.82, 2.24) is 0 Å². The largest absolute Gasteiger partial charge is 0.381 e. The molecule has 16 aliphatic carbocycles. The zero-order valence-electron chi connectivity index (χ0n) is 90.1. The minimum absolute atomic E-state index is 0.0220. The molecule has 2 aliphatic heterocycles. The lowest BCUT2D eigenvalue weighted by Gasteiger charge is -2.56. The summed E-state index contributed by atoms with van der Waals surface area (Å²) in [6.45, 7) is 71.6. The Labute approximate surface area is 790 Å². The van der Waals surface area contributed by atoms with Gasteiger partial charge in [-0.3, -0.25) is 0 Å². The molecule has 18 fully saturated rings. The third-order valence-electron chi connectivity index (χ3n) is 29.4. The first kappa shape index (κ1) is 119. The van der Waals surface area contributed by atoms with E-state index in [0.717, 1.165) is 156 Å². The summed E-state index contributed by atoms with van der Waals surface area (Å²) in [5, 5.41) is 0. The van der Waals surface area contributed by atoms with Gasteiger partial charge in [-0.1, -0.05) is 98.3 Å². The van der Waals surface area contributed by atoms with Crippen molar-refractivity contribution >= 4 is 0 Å². The molecule has 0 aromatic heterocycles. The van der Waals surface area contributed by atoms with Crippen LogP contribution in [0, 0.1) is 87.8 Å². The standard InChI is InChI=1S/C13H22O.C12H20O.C10H18O.C10H20O.C9H16O.2C9H18O.C8H16O.2C8H18O.C7H16O.C6H12O.C5H10O/c1-2-14-9-13-6-10-3-11(7-13)5-12(4-10)8-13;1-2-13-12-6-9-3-10(7-12)5-11(4-9)8-12;1-2-11-7-10-6-8-3-4-9(10)5-8;1-9(2)11-8-10-6-4-3-5-7-10;1-2-10-9-6-7-3-4-8(9)5-7;1-8(2)10-7-9-5-3-4-6-9;1-8(2)10-9-6-4-3-5-7-9;1-7(2)9-8-5-3-4-6-8;1-7(2)9-6-8(3,4)5;1-6-8(4,5)9-7(2)3;1-6(2)8-7(3,4)5;1-6-4-2-3-5-7-6;1-5-3-2-4-6-5/h10-12H,2-9H2,1H3;9-11H,2-8H2,1H3;8-10H,2-7H2,1H3;9-10H,3-8H2,1-2H3;7-9H,2-6H2,1H3;2*8-9H,3-7H2,1-2H3;7-8H,3-6H2,1-2H3;2*7H,6H2,1-5H3;6H,1-5H3;6H,2-5H2,1H3;5H,2-4H2,1H3. The van der Waals surface area contributed by atoms with Crippen LogP contribution in [0.5, 0.6) is 0 Å². The van der Waals surface area contributed by atoms with E-state index in [9.17, 15) is 0 Å². The molecule has 0 N–H and O–H groups in total. The van der Waals surface area contributed by atoms with E-state index in [2.05, 4.69) is 187 Å². The number of hydrogen-bond donors (Lipinski definition) is 0. The van der Waals surface area contributed by atoms with Crippen molar-refractivity contribution in [2.24, 2.45) is 87.8 Å². The van der Waals surface area contributed by atoms with Crippen LogP contribution >= 0.6 is 0 Å². The molecule has 18 aliphatic rings. The van der Waals surface area contributed by atoms with E-state index in [1.807, 2.05) is 13.8 Å². The summed E-state index contributed by atoms with van der Waals surface area (Å²) in [7, 11) is 0. The van der Waals surface area contributed by atoms with E-state index < -0.39 is 0 Å². The van der Waals surface area contributed by atoms with Gasteiger partial charge in [0.05, 0.1) is 103 Å². The Morgan fingerprint density at radius 3 is 1.03 bits per heavy atom. The van der Waals surface area contributed by atoms with Gasteiger partial charge in [-0.25, -0.2) is 0 Å². The van der Waals surface area contributed by atoms with E-state index in [1.54, 1.807) is 19.3 Å². The average Bonchev–Trinajstić information content (AvgIpc) is 1.59. The van der Waals surface area contributed by atoms with Gasteiger partial charge in [-0.2, -0.15) is 0 Å². The fourth-order valence-corrected chi connectivity index (χ4v) is 24.4. The molecule has 8 unspecified atom stereocenters. The molecule has 127 heavy (non-hydrogen) atoms. The fraction of sp³-hybridized carbons (Fsp3) is 1.00. The van der Waals surface area contributed by atoms with Gasteiger partial charge in [0.25, 0.3) is 0 Å². The minimum Gasteiger partial charge on any atom is -0.381 e. The molecule has 0 aromatic carbocycles. The summed E-state index contributed by atoms with van der Waals surface area (Å²) in [6, 6.07) is 0. The molecule has 2 saturated heterocycles. The Morgan fingerprint density at radius 1 is 0.339 bits per heavy atom. The molecule has 18 rings (SSSR count). The van der Waals surface area contributed by atoms with Gasteiger partial charge in [0.1, 0.15) is 0 Å². The lowest BCUT2D eigenvalue weighted by Crippen LogP contribution is -2.51. The van der Waals surface area contributed by atoms with Crippen LogP contribution in [0.4, 0.5) is 0 Å². The Hall–Kier alpha value is -0.520. The van der Waals surface area contributed by atoms with Crippen LogP contribution in [-0.4, -0.2) is 163 Å². The van der Waals surface area contributed by atoms with Gasteiger partial charge in [0.15, 0.2) is 0 Å². The normalized spacial score (nSPS) is 30.8. The monoisotopic (exact) mass is 1800 g/mol. The molecule has 12 bridgehead atoms. The molecule has 0 amide bonds. The number of ether oxygens (including phenoxy) is 13. The lowest BCUT2D eigenvalue weighted by molar-refractivity contribution is -0.159. The molecule has 8 atom stereocenters. The maximum absolute atomic E-state index is 6.04. The summed E-state index contributed by atoms with van der Waals surface area (Å²) < 4.78 is 72.1. The topological polar surface area (TPSA) is 120 Å². The Kier molecular flexibility index (Phi) is 61.1. The first-order valence-corrected chi connectivity index (χ1v) is 55.3. The van der Waals surface area contributed by atoms with Gasteiger partial charge in [0, 0.05) is 59.5 Å². The Balaban J connectivity index is 0.000000290. The van der Waals surface area contributed by atoms with Crippen LogP contribution in [0.3, 0.4) is 0 Å². The highest BCUT2D eigenvalue weighted by Gasteiger charge is 2.53. The molecule has 2 heterocycles. The summed E-state index contributed by atoms with van der Waals surface area (Å²) in [5.74, 6) is 13.0. The number of rotatable bonds is 26. The molecular formula is C114H222O13. The quantitative estimate of drug-likeness (QED) is 0.0818. The lowest BCUT2D eigenvalue weighted by atomic mass is 9.50. The van der Waals surface area contributed by atoms with Crippen molar-refractivity contribution in [3.8, 4) is 0 Å². The summed E-state index contributed by atoms with van der Waals surface area (Å²) in [6.07, 6.45) is 67.4. The zero-order valence-corrected chi connectivity index (χ0v) is 90.1. The Bertz CT molecular complexity index is 2480. The van der Waals surface area contributed by atoms with E-state index in [-0.39, 0.29) is 11.2 Å². The van der Waals surface area contributed by atoms with Crippen LogP contribution in [0.25, 0.3) is 0 Å². The third kappa shape index (κ3) is 55.6. The van der Waals surface area contributed by atoms with Crippen LogP contribution in [-0.2, 0) is 61.6 Å². The Morgan fingerprint density at radius 2 is 0.740 bits per heavy atom. The van der Waals surface area contributed by atoms with Crippen LogP contribution in [0.2, 0.25) is 0 Å². The van der Waals surface area contributed by atoms with E-state index in [0.29, 0.717) is 89.7 Å². The minimum atomic E-state index is 0.0220. The first-order chi connectivity index (χ1) is 60.1. The summed E-state index contributed by atoms with van der Waals surface area (Å²) in [4.78, 5) is 0. The van der Waals surface area contributed by atoms with Crippen LogP contribution in [0.15, 0.2) is 0 Å². The van der Waals surface area contributed by atoms with Gasteiger partial charge in [-0.05, 0) is 473 Å². The SMILES string of the molecule is CC(C)OC(C)(C)C.CC(C)OC1CCCC1.CC(C)OC1CCCCC1.CC(C)OCC(C)(C)C.CC(C)OCC1CCCC1.CC(C)OCC1CCCCC1.CC1CCCCO1.CC1CCCO1.CCC(C)(C)OC(C)C.CCOC12CC3CC(CC(C3)C1)C2.CCOC1CC2CCC1C2.CCOCC12CC3CC(CC(C3)C1)C2.CCOCC1CC2CCC1C2. The molecule has 756 valence electrons. The molecule has 13 nitrogen and oxygen atoms in total. The molecule has 0 radical (unpaired) electrons. The van der Waals surface area contributed by atoms with Crippen molar-refractivity contribution in [1.29, 1.82) is 0 Å². The van der Waals surface area contributed by atoms with Crippen molar-refractivity contribution in [2.75, 3.05) is 72.7 Å². The highest BCUT2D eigenvalue weighted by atomic mass is 16.5. The van der Waals surface area contributed by atoms with Crippen molar-refractivity contribution < 1.29 is 61.6 Å². The second-order valence-corrected chi connectivity index (χ2v) is 47.8. The third-order valence-corrected chi connectivity index (χ3v) is 29.4. The van der Waals surface area contributed by atoms with Gasteiger partial charge in [-0.15, -0.1) is 0 Å². The number of hydrogen-bond acceptors (Lipinski definition) is 13. The molecule has 0 aromatic rings. The second-order valence-electron chi connectivity index (χ2n) is 47.8. The fourth-order valence-electron chi connectivity index (χ4n) is 24.4. The highest BCUT2D eigenvalue weighted by Crippen LogP contribution is 2.61. The summed E-state index contributed by atoms with van der Waals surface area (Å²) >= 11 is 0. The average molecular weight is 1800 g/mol. The van der Waals surface area contributed by atoms with Crippen LogP contribution in [0.1, 0.15) is 483 Å². The van der Waals surface area contributed by atoms with Crippen molar-refractivity contribution in [2.45, 2.75) is 573 Å². The highest BCUT2D eigenvalue weighted by molar-refractivity contribution is 5.04. The zero-order chi connectivity index (χ0) is 94.0. The van der Waals surface area contributed by atoms with Gasteiger partial charge >= 0.3 is 0 Å². The molecule has 0 spiro atoms. The molecular weight excluding hydrogens is 1580 g/mol. The number of fused-ring (bicyclic) bond motifs is 4. The van der Waals surface area contributed by atoms with Gasteiger partial charge < -0.3 is 61.6 Å². The van der Waals surface area contributed by atoms with Crippen LogP contribution < -0.4 is 0 Å². The maximum atomic E-state index is 6.04. The van der Waals surface area contributed by atoms with E-state index >= 15 is 0 Å². The van der Waals surface area contributed by atoms with E-state index in [1.165, 1.54) is 257 Å². The summed E-state index contributed by atoms with van der Waals surface area (Å²) in [5.41, 5.74) is 1.38. The second kappa shape index (κ2) is 65.4. The van der Waals surface area contributed by atoms with Gasteiger partial charge in [0.2, 0.25) is 0 Å². The van der Waals surface area contributed by atoms with Crippen molar-refractivity contribution in [3.05, 3.63) is 0 Å². The van der Waals surface area contributed by atoms with Crippen molar-refractivity contribution in [3.63, 3.8) is 0 Å².